The summed E-state index contributed by atoms with van der Waals surface area (Å²) in [5.74, 6) is -0.0827. The predicted molar refractivity (Wildman–Crippen MR) is 91.5 cm³/mol. The molecule has 0 fully saturated rings. The lowest BCUT2D eigenvalue weighted by Gasteiger charge is -2.18. The van der Waals surface area contributed by atoms with Crippen molar-refractivity contribution in [2.45, 2.75) is 11.4 Å². The molecule has 1 amide bonds. The van der Waals surface area contributed by atoms with Gasteiger partial charge in [-0.2, -0.15) is 0 Å². The molecule has 6 nitrogen and oxygen atoms in total. The fourth-order valence-corrected chi connectivity index (χ4v) is 3.20. The number of methoxy groups -OCH3 is 1. The summed E-state index contributed by atoms with van der Waals surface area (Å²) in [6, 6.07) is 13.9. The maximum Gasteiger partial charge on any atom is 0.253 e. The second-order valence-corrected chi connectivity index (χ2v) is 7.07. The number of nitrogens with zero attached hydrogens (tertiary/aromatic N) is 1. The zero-order chi connectivity index (χ0) is 17.7. The molecule has 24 heavy (non-hydrogen) atoms. The number of benzene rings is 2. The van der Waals surface area contributed by atoms with Crippen LogP contribution in [0.4, 0.5) is 0 Å². The van der Waals surface area contributed by atoms with Crippen LogP contribution in [0.1, 0.15) is 15.9 Å². The van der Waals surface area contributed by atoms with Crippen molar-refractivity contribution in [3.8, 4) is 5.75 Å². The molecule has 0 aromatic heterocycles. The van der Waals surface area contributed by atoms with Crippen LogP contribution in [0.25, 0.3) is 0 Å². The van der Waals surface area contributed by atoms with Crippen molar-refractivity contribution < 1.29 is 17.9 Å². The zero-order valence-electron chi connectivity index (χ0n) is 13.8. The van der Waals surface area contributed by atoms with Gasteiger partial charge in [0.15, 0.2) is 0 Å². The molecule has 1 N–H and O–H groups in total. The van der Waals surface area contributed by atoms with Crippen LogP contribution in [0.3, 0.4) is 0 Å². The van der Waals surface area contributed by atoms with E-state index in [1.807, 2.05) is 30.3 Å². The minimum atomic E-state index is -3.73. The van der Waals surface area contributed by atoms with Crippen LogP contribution in [0.15, 0.2) is 53.4 Å². The number of amides is 1. The zero-order valence-corrected chi connectivity index (χ0v) is 14.6. The van der Waals surface area contributed by atoms with Crippen molar-refractivity contribution in [3.63, 3.8) is 0 Å². The molecular weight excluding hydrogens is 328 g/mol. The molecule has 0 saturated carbocycles. The largest absolute Gasteiger partial charge is 0.495 e. The Morgan fingerprint density at radius 1 is 1.17 bits per heavy atom. The first-order valence-corrected chi connectivity index (χ1v) is 8.78. The number of hydrogen-bond donors (Lipinski definition) is 1. The molecule has 0 radical (unpaired) electrons. The van der Waals surface area contributed by atoms with Gasteiger partial charge < -0.3 is 9.64 Å². The Labute approximate surface area is 142 Å². The first-order chi connectivity index (χ1) is 11.4. The third-order valence-electron chi connectivity index (χ3n) is 3.58. The third kappa shape index (κ3) is 3.93. The van der Waals surface area contributed by atoms with Gasteiger partial charge in [-0.1, -0.05) is 30.3 Å². The Morgan fingerprint density at radius 3 is 2.42 bits per heavy atom. The van der Waals surface area contributed by atoms with Crippen molar-refractivity contribution >= 4 is 15.9 Å². The quantitative estimate of drug-likeness (QED) is 0.865. The number of carbonyl (C=O) groups is 1. The Hall–Kier alpha value is -2.38. The second-order valence-electron chi connectivity index (χ2n) is 5.22. The van der Waals surface area contributed by atoms with E-state index in [-0.39, 0.29) is 22.1 Å². The summed E-state index contributed by atoms with van der Waals surface area (Å²) in [5, 5.41) is 0. The molecule has 2 aromatic carbocycles. The van der Waals surface area contributed by atoms with Gasteiger partial charge in [-0.05, 0) is 30.8 Å². The summed E-state index contributed by atoms with van der Waals surface area (Å²) >= 11 is 0. The van der Waals surface area contributed by atoms with Crippen LogP contribution in [-0.4, -0.2) is 40.4 Å². The fraction of sp³-hybridized carbons (Fsp3) is 0.235. The molecule has 0 heterocycles. The van der Waals surface area contributed by atoms with Gasteiger partial charge in [0.25, 0.3) is 5.91 Å². The van der Waals surface area contributed by atoms with Crippen LogP contribution < -0.4 is 9.46 Å². The molecule has 0 atom stereocenters. The Morgan fingerprint density at radius 2 is 1.83 bits per heavy atom. The number of hydrogen-bond acceptors (Lipinski definition) is 4. The first kappa shape index (κ1) is 18.0. The molecule has 0 aliphatic heterocycles. The second kappa shape index (κ2) is 7.46. The topological polar surface area (TPSA) is 75.7 Å². The molecular formula is C17H20N2O4S. The molecule has 7 heteroatoms. The fourth-order valence-electron chi connectivity index (χ4n) is 2.28. The van der Waals surface area contributed by atoms with Gasteiger partial charge >= 0.3 is 0 Å². The van der Waals surface area contributed by atoms with E-state index in [1.54, 1.807) is 13.1 Å². The van der Waals surface area contributed by atoms with Crippen molar-refractivity contribution in [2.75, 3.05) is 21.2 Å². The Balaban J connectivity index is 2.31. The lowest BCUT2D eigenvalue weighted by Crippen LogP contribution is -2.27. The van der Waals surface area contributed by atoms with Crippen molar-refractivity contribution in [2.24, 2.45) is 0 Å². The number of carbonyl (C=O) groups excluding carboxylic acids is 1. The van der Waals surface area contributed by atoms with Crippen molar-refractivity contribution in [1.82, 2.24) is 9.62 Å². The monoisotopic (exact) mass is 348 g/mol. The summed E-state index contributed by atoms with van der Waals surface area (Å²) < 4.78 is 31.5. The summed E-state index contributed by atoms with van der Waals surface area (Å²) in [6.07, 6.45) is 0. The average molecular weight is 348 g/mol. The molecule has 0 bridgehead atoms. The molecule has 0 aliphatic carbocycles. The summed E-state index contributed by atoms with van der Waals surface area (Å²) in [6.45, 7) is 0.430. The van der Waals surface area contributed by atoms with Crippen LogP contribution >= 0.6 is 0 Å². The van der Waals surface area contributed by atoms with Crippen LogP contribution in [0, 0.1) is 0 Å². The summed E-state index contributed by atoms with van der Waals surface area (Å²) in [4.78, 5) is 14.1. The van der Waals surface area contributed by atoms with Gasteiger partial charge in [0, 0.05) is 19.2 Å². The van der Waals surface area contributed by atoms with E-state index < -0.39 is 10.0 Å². The minimum absolute atomic E-state index is 0.0635. The Kier molecular flexibility index (Phi) is 5.58. The van der Waals surface area contributed by atoms with Gasteiger partial charge in [-0.3, -0.25) is 4.79 Å². The highest BCUT2D eigenvalue weighted by Crippen LogP contribution is 2.25. The summed E-state index contributed by atoms with van der Waals surface area (Å²) in [7, 11) is 0.637. The van der Waals surface area contributed by atoms with Gasteiger partial charge in [0.05, 0.1) is 7.11 Å². The van der Waals surface area contributed by atoms with Gasteiger partial charge in [-0.25, -0.2) is 13.1 Å². The van der Waals surface area contributed by atoms with Gasteiger partial charge in [0.2, 0.25) is 10.0 Å². The maximum absolute atomic E-state index is 12.6. The molecule has 128 valence electrons. The average Bonchev–Trinajstić information content (AvgIpc) is 2.61. The number of sulfonamides is 1. The smallest absolute Gasteiger partial charge is 0.253 e. The molecule has 0 saturated heterocycles. The van der Waals surface area contributed by atoms with Crippen molar-refractivity contribution in [3.05, 3.63) is 59.7 Å². The normalized spacial score (nSPS) is 11.1. The number of nitrogens with one attached hydrogen (secondary N) is 1. The van der Waals surface area contributed by atoms with Crippen LogP contribution in [0.2, 0.25) is 0 Å². The molecule has 2 aromatic rings. The SMILES string of the molecule is CNS(=O)(=O)c1cc(C(=O)N(C)Cc2ccccc2)ccc1OC. The van der Waals surface area contributed by atoms with E-state index >= 15 is 0 Å². The van der Waals surface area contributed by atoms with E-state index in [4.69, 9.17) is 4.74 Å². The lowest BCUT2D eigenvalue weighted by molar-refractivity contribution is 0.0785. The van der Waals surface area contributed by atoms with E-state index in [9.17, 15) is 13.2 Å². The van der Waals surface area contributed by atoms with Crippen molar-refractivity contribution in [1.29, 1.82) is 0 Å². The third-order valence-corrected chi connectivity index (χ3v) is 5.01. The van der Waals surface area contributed by atoms with Gasteiger partial charge in [0.1, 0.15) is 10.6 Å². The van der Waals surface area contributed by atoms with Crippen LogP contribution in [0.5, 0.6) is 5.75 Å². The Bertz CT molecular complexity index is 820. The maximum atomic E-state index is 12.6. The highest BCUT2D eigenvalue weighted by molar-refractivity contribution is 7.89. The van der Waals surface area contributed by atoms with Gasteiger partial charge in [-0.15, -0.1) is 0 Å². The minimum Gasteiger partial charge on any atom is -0.495 e. The number of ether oxygens (including phenoxy) is 1. The molecule has 0 unspecified atom stereocenters. The first-order valence-electron chi connectivity index (χ1n) is 7.30. The molecule has 0 spiro atoms. The van der Waals surface area contributed by atoms with E-state index in [0.29, 0.717) is 6.54 Å². The molecule has 0 aliphatic rings. The van der Waals surface area contributed by atoms with E-state index in [0.717, 1.165) is 5.56 Å². The lowest BCUT2D eigenvalue weighted by atomic mass is 10.1. The highest BCUT2D eigenvalue weighted by atomic mass is 32.2. The summed E-state index contributed by atoms with van der Waals surface area (Å²) in [5.41, 5.74) is 1.27. The van der Waals surface area contributed by atoms with E-state index in [1.165, 1.54) is 31.2 Å². The standard InChI is InChI=1S/C17H20N2O4S/c1-18-24(21,22)16-11-14(9-10-15(16)23-3)17(20)19(2)12-13-7-5-4-6-8-13/h4-11,18H,12H2,1-3H3. The number of rotatable bonds is 6. The van der Waals surface area contributed by atoms with Crippen LogP contribution in [-0.2, 0) is 16.6 Å². The van der Waals surface area contributed by atoms with E-state index in [2.05, 4.69) is 4.72 Å². The predicted octanol–water partition coefficient (Wildman–Crippen LogP) is 1.88. The molecule has 2 rings (SSSR count). The highest BCUT2D eigenvalue weighted by Gasteiger charge is 2.21.